The van der Waals surface area contributed by atoms with Gasteiger partial charge in [-0.15, -0.1) is 0 Å². The van der Waals surface area contributed by atoms with Crippen molar-refractivity contribution in [3.8, 4) is 5.75 Å². The quantitative estimate of drug-likeness (QED) is 0.264. The monoisotopic (exact) mass is 560 g/mol. The minimum atomic E-state index is -2.88. The van der Waals surface area contributed by atoms with Gasteiger partial charge in [-0.2, -0.15) is 8.78 Å². The van der Waals surface area contributed by atoms with Crippen LogP contribution in [0, 0.1) is 18.8 Å². The fourth-order valence-electron chi connectivity index (χ4n) is 6.18. The van der Waals surface area contributed by atoms with E-state index >= 15 is 8.78 Å². The third-order valence-corrected chi connectivity index (χ3v) is 8.90. The number of carbonyl (C=O) groups excluding carboxylic acids is 1. The number of rotatable bonds is 7. The number of carbonyl (C=O) groups is 1. The molecule has 5 rings (SSSR count). The van der Waals surface area contributed by atoms with E-state index in [-0.39, 0.29) is 23.1 Å². The Hall–Kier alpha value is -1.99. The fraction of sp³-hybridized carbons (Fsp3) is 0.552. The van der Waals surface area contributed by atoms with Crippen molar-refractivity contribution in [1.82, 2.24) is 9.47 Å². The second kappa shape index (κ2) is 9.39. The smallest absolute Gasteiger partial charge is 0.297 e. The molecule has 0 saturated heterocycles. The van der Waals surface area contributed by atoms with Gasteiger partial charge in [-0.05, 0) is 105 Å². The molecule has 1 fully saturated rings. The van der Waals surface area contributed by atoms with E-state index < -0.39 is 11.8 Å². The zero-order valence-corrected chi connectivity index (χ0v) is 23.1. The second-order valence-corrected chi connectivity index (χ2v) is 11.9. The first kappa shape index (κ1) is 25.7. The van der Waals surface area contributed by atoms with E-state index in [1.165, 1.54) is 0 Å². The lowest BCUT2D eigenvalue weighted by molar-refractivity contribution is -0.0339. The van der Waals surface area contributed by atoms with Crippen molar-refractivity contribution in [3.05, 3.63) is 63.4 Å². The Kier molecular flexibility index (Phi) is 6.69. The molecule has 2 heterocycles. The zero-order chi connectivity index (χ0) is 25.8. The van der Waals surface area contributed by atoms with Crippen molar-refractivity contribution in [2.75, 3.05) is 13.6 Å². The average molecular weight is 562 g/mol. The molecule has 7 heteroatoms. The van der Waals surface area contributed by atoms with Crippen molar-refractivity contribution >= 4 is 21.7 Å². The first-order chi connectivity index (χ1) is 17.0. The minimum Gasteiger partial charge on any atom is -0.491 e. The molecule has 4 nitrogen and oxygen atoms in total. The number of ketones is 1. The van der Waals surface area contributed by atoms with Crippen molar-refractivity contribution < 1.29 is 18.3 Å². The predicted octanol–water partition coefficient (Wildman–Crippen LogP) is 7.23. The lowest BCUT2D eigenvalue weighted by atomic mass is 9.71. The standard InChI is InChI=1S/C29H35BrF2N2O2/c1-18(2)36-25-8-5-21(15-19(25)3)24(35)16-20-9-11-28(12-10-20)27-23(30)17-26(29(31,32)22-6-7-22)34(27)14-13-33(28)4/h5-8,15,17-18,20,22H,9-14,16H2,1-4H3. The highest BCUT2D eigenvalue weighted by atomic mass is 79.9. The van der Waals surface area contributed by atoms with Crippen molar-refractivity contribution in [3.63, 3.8) is 0 Å². The van der Waals surface area contributed by atoms with Gasteiger partial charge in [0.05, 0.1) is 28.9 Å². The lowest BCUT2D eigenvalue weighted by Crippen LogP contribution is -2.52. The van der Waals surface area contributed by atoms with E-state index in [2.05, 4.69) is 27.9 Å². The molecule has 1 aromatic carbocycles. The first-order valence-electron chi connectivity index (χ1n) is 13.0. The predicted molar refractivity (Wildman–Crippen MR) is 141 cm³/mol. The summed E-state index contributed by atoms with van der Waals surface area (Å²) in [6.45, 7) is 7.26. The summed E-state index contributed by atoms with van der Waals surface area (Å²) in [5, 5.41) is 0. The van der Waals surface area contributed by atoms with Crippen LogP contribution in [0.25, 0.3) is 0 Å². The summed E-state index contributed by atoms with van der Waals surface area (Å²) in [6, 6.07) is 7.33. The van der Waals surface area contributed by atoms with Crippen LogP contribution in [0.4, 0.5) is 8.78 Å². The van der Waals surface area contributed by atoms with Gasteiger partial charge in [0.25, 0.3) is 5.92 Å². The van der Waals surface area contributed by atoms with Crippen LogP contribution in [0.1, 0.15) is 73.3 Å². The molecule has 0 unspecified atom stereocenters. The normalized spacial score (nSPS) is 24.4. The number of Topliss-reactive ketones (excluding diaryl/α,β-unsaturated/α-hetero) is 1. The summed E-state index contributed by atoms with van der Waals surface area (Å²) in [5.41, 5.74) is 2.52. The maximum atomic E-state index is 15.1. The molecule has 2 aromatic rings. The number of fused-ring (bicyclic) bond motifs is 2. The molecule has 1 aromatic heterocycles. The molecule has 194 valence electrons. The summed E-state index contributed by atoms with van der Waals surface area (Å²) < 4.78 is 38.7. The maximum Gasteiger partial charge on any atom is 0.297 e. The van der Waals surface area contributed by atoms with Gasteiger partial charge in [-0.3, -0.25) is 9.69 Å². The topological polar surface area (TPSA) is 34.5 Å². The SMILES string of the molecule is Cc1cc(C(=O)CC2CCC3(CC2)c2c(Br)cc(C(F)(F)C4C=C4)n2CCN3C)ccc1OC(C)C. The fourth-order valence-corrected chi connectivity index (χ4v) is 6.98. The van der Waals surface area contributed by atoms with Crippen LogP contribution >= 0.6 is 15.9 Å². The summed E-state index contributed by atoms with van der Waals surface area (Å²) in [5.74, 6) is -2.37. The van der Waals surface area contributed by atoms with Crippen molar-refractivity contribution in [2.24, 2.45) is 11.8 Å². The highest BCUT2D eigenvalue weighted by Gasteiger charge is 2.51. The van der Waals surface area contributed by atoms with E-state index in [1.54, 1.807) is 18.2 Å². The Morgan fingerprint density at radius 3 is 2.50 bits per heavy atom. The third kappa shape index (κ3) is 4.47. The van der Waals surface area contributed by atoms with Gasteiger partial charge < -0.3 is 9.30 Å². The van der Waals surface area contributed by atoms with Gasteiger partial charge in [0, 0.05) is 29.5 Å². The number of allylic oxidation sites excluding steroid dienone is 2. The number of hydrogen-bond donors (Lipinski definition) is 0. The molecule has 1 saturated carbocycles. The second-order valence-electron chi connectivity index (χ2n) is 11.1. The van der Waals surface area contributed by atoms with Gasteiger partial charge in [0.15, 0.2) is 5.78 Å². The number of aromatic nitrogens is 1. The molecule has 36 heavy (non-hydrogen) atoms. The van der Waals surface area contributed by atoms with E-state index in [0.717, 1.165) is 59.3 Å². The summed E-state index contributed by atoms with van der Waals surface area (Å²) in [7, 11) is 2.11. The Balaban J connectivity index is 1.31. The van der Waals surface area contributed by atoms with Gasteiger partial charge in [-0.25, -0.2) is 0 Å². The molecule has 0 radical (unpaired) electrons. The number of alkyl halides is 2. The van der Waals surface area contributed by atoms with E-state index in [9.17, 15) is 4.79 Å². The lowest BCUT2D eigenvalue weighted by Gasteiger charge is -2.50. The van der Waals surface area contributed by atoms with Crippen LogP contribution in [0.15, 0.2) is 40.9 Å². The Bertz CT molecular complexity index is 1190. The van der Waals surface area contributed by atoms with Gasteiger partial charge in [-0.1, -0.05) is 12.2 Å². The highest BCUT2D eigenvalue weighted by molar-refractivity contribution is 9.10. The zero-order valence-electron chi connectivity index (χ0n) is 21.5. The summed E-state index contributed by atoms with van der Waals surface area (Å²) in [4.78, 5) is 15.5. The third-order valence-electron chi connectivity index (χ3n) is 8.29. The maximum absolute atomic E-state index is 15.1. The molecule has 1 spiro atoms. The molecule has 1 aliphatic heterocycles. The summed E-state index contributed by atoms with van der Waals surface area (Å²) in [6.07, 6.45) is 7.27. The minimum absolute atomic E-state index is 0.0894. The van der Waals surface area contributed by atoms with E-state index in [0.29, 0.717) is 18.9 Å². The average Bonchev–Trinajstić information content (AvgIpc) is 3.63. The number of hydrogen-bond acceptors (Lipinski definition) is 3. The molecule has 0 amide bonds. The van der Waals surface area contributed by atoms with Crippen molar-refractivity contribution in [1.29, 1.82) is 0 Å². The molecule has 0 atom stereocenters. The van der Waals surface area contributed by atoms with Crippen LogP contribution in [0.3, 0.4) is 0 Å². The Morgan fingerprint density at radius 1 is 1.19 bits per heavy atom. The number of likely N-dealkylation sites (N-methyl/N-ethyl adjacent to an activating group) is 1. The Morgan fingerprint density at radius 2 is 1.89 bits per heavy atom. The molecule has 2 aliphatic carbocycles. The first-order valence-corrected chi connectivity index (χ1v) is 13.8. The van der Waals surface area contributed by atoms with Gasteiger partial charge in [0.2, 0.25) is 0 Å². The molecular weight excluding hydrogens is 526 g/mol. The number of benzene rings is 1. The molecule has 0 N–H and O–H groups in total. The van der Waals surface area contributed by atoms with Gasteiger partial charge >= 0.3 is 0 Å². The van der Waals surface area contributed by atoms with Crippen LogP contribution in [-0.2, 0) is 18.0 Å². The van der Waals surface area contributed by atoms with Crippen LogP contribution in [-0.4, -0.2) is 34.9 Å². The number of nitrogens with zero attached hydrogens (tertiary/aromatic N) is 2. The van der Waals surface area contributed by atoms with E-state index in [1.807, 2.05) is 43.5 Å². The summed E-state index contributed by atoms with van der Waals surface area (Å²) >= 11 is 3.65. The highest BCUT2D eigenvalue weighted by Crippen LogP contribution is 2.52. The number of halogens is 3. The molecule has 3 aliphatic rings. The Labute approximate surface area is 220 Å². The number of ether oxygens (including phenoxy) is 1. The van der Waals surface area contributed by atoms with Crippen molar-refractivity contribution in [2.45, 2.75) is 77.0 Å². The largest absolute Gasteiger partial charge is 0.491 e. The molecule has 0 bridgehead atoms. The van der Waals surface area contributed by atoms with Crippen LogP contribution in [0.2, 0.25) is 0 Å². The van der Waals surface area contributed by atoms with Crippen LogP contribution in [0.5, 0.6) is 5.75 Å². The van der Waals surface area contributed by atoms with Crippen LogP contribution < -0.4 is 4.74 Å². The molecular formula is C29H35BrF2N2O2. The number of aryl methyl sites for hydroxylation is 1. The van der Waals surface area contributed by atoms with E-state index in [4.69, 9.17) is 4.74 Å². The van der Waals surface area contributed by atoms with Gasteiger partial charge in [0.1, 0.15) is 5.75 Å².